The number of phenols is 1. The van der Waals surface area contributed by atoms with E-state index in [1.807, 2.05) is 30.3 Å². The second-order valence-electron chi connectivity index (χ2n) is 12.1. The average molecular weight is 721 g/mol. The quantitative estimate of drug-likeness (QED) is 0.117. The number of phenolic OH excluding ortho intramolecular Hbond substituents is 1. The highest BCUT2D eigenvalue weighted by Gasteiger charge is 2.76. The zero-order chi connectivity index (χ0) is 32.1. The minimum Gasteiger partial charge on any atom is -0.508 e. The number of hydrogen-bond donors (Lipinski definition) is 1. The summed E-state index contributed by atoms with van der Waals surface area (Å²) in [6.07, 6.45) is 2.03. The van der Waals surface area contributed by atoms with Crippen molar-refractivity contribution in [1.82, 2.24) is 9.88 Å². The van der Waals surface area contributed by atoms with Crippen LogP contribution >= 0.6 is 39.1 Å². The molecular weight excluding hydrogens is 697 g/mol. The number of fused-ring (bicyclic) bond motifs is 5. The molecule has 0 radical (unpaired) electrons. The molecule has 1 N–H and O–H groups in total. The Bertz CT molecular complexity index is 1980. The molecule has 8 rings (SSSR count). The summed E-state index contributed by atoms with van der Waals surface area (Å²) in [5.41, 5.74) is 3.61. The Labute approximate surface area is 280 Å². The van der Waals surface area contributed by atoms with Crippen molar-refractivity contribution >= 4 is 79.5 Å². The van der Waals surface area contributed by atoms with Gasteiger partial charge in [-0.1, -0.05) is 51.8 Å². The molecule has 3 aromatic carbocycles. The first kappa shape index (κ1) is 29.4. The molecule has 6 atom stereocenters. The molecular formula is C34H24BrCl2N3O6. The lowest BCUT2D eigenvalue weighted by Crippen LogP contribution is -2.60. The van der Waals surface area contributed by atoms with Gasteiger partial charge in [0.1, 0.15) is 11.3 Å². The number of rotatable bonds is 4. The molecule has 2 aliphatic heterocycles. The number of carbonyl (C=O) groups is 4. The van der Waals surface area contributed by atoms with Gasteiger partial charge < -0.3 is 9.52 Å². The van der Waals surface area contributed by atoms with Crippen LogP contribution in [0.1, 0.15) is 24.3 Å². The zero-order valence-corrected chi connectivity index (χ0v) is 27.0. The molecule has 9 nitrogen and oxygen atoms in total. The number of anilines is 1. The molecule has 1 aromatic heterocycles. The summed E-state index contributed by atoms with van der Waals surface area (Å²) in [6, 6.07) is 20.5. The van der Waals surface area contributed by atoms with Gasteiger partial charge >= 0.3 is 0 Å². The number of allylic oxidation sites excluding steroid dienone is 2. The second kappa shape index (κ2) is 10.3. The maximum absolute atomic E-state index is 14.3. The Hall–Kier alpha value is -3.99. The van der Waals surface area contributed by atoms with E-state index >= 15 is 0 Å². The van der Waals surface area contributed by atoms with Crippen LogP contribution in [0.25, 0.3) is 22.6 Å². The molecule has 3 heterocycles. The molecule has 46 heavy (non-hydrogen) atoms. The van der Waals surface area contributed by atoms with Crippen molar-refractivity contribution in [1.29, 1.82) is 0 Å². The number of imide groups is 2. The minimum absolute atomic E-state index is 0.0137. The van der Waals surface area contributed by atoms with E-state index < -0.39 is 51.1 Å². The van der Waals surface area contributed by atoms with Gasteiger partial charge in [-0.15, -0.1) is 23.2 Å². The second-order valence-corrected chi connectivity index (χ2v) is 13.9. The third kappa shape index (κ3) is 3.83. The molecule has 4 aliphatic rings. The fourth-order valence-electron chi connectivity index (χ4n) is 7.80. The highest BCUT2D eigenvalue weighted by Crippen LogP contribution is 2.65. The van der Waals surface area contributed by atoms with Gasteiger partial charge in [-0.05, 0) is 72.9 Å². The van der Waals surface area contributed by atoms with Crippen LogP contribution in [-0.4, -0.2) is 53.8 Å². The first-order chi connectivity index (χ1) is 22.1. The van der Waals surface area contributed by atoms with Crippen molar-refractivity contribution in [3.8, 4) is 17.2 Å². The van der Waals surface area contributed by atoms with Crippen molar-refractivity contribution in [2.24, 2.45) is 17.8 Å². The number of halogens is 3. The molecule has 12 heteroatoms. The van der Waals surface area contributed by atoms with E-state index in [0.717, 1.165) is 10.4 Å². The van der Waals surface area contributed by atoms with Crippen LogP contribution in [0.3, 0.4) is 0 Å². The van der Waals surface area contributed by atoms with Gasteiger partial charge in [0.2, 0.25) is 17.7 Å². The van der Waals surface area contributed by atoms with Crippen LogP contribution in [0, 0.1) is 17.8 Å². The first-order valence-electron chi connectivity index (χ1n) is 14.7. The Balaban J connectivity index is 1.18. The van der Waals surface area contributed by atoms with E-state index in [9.17, 15) is 24.3 Å². The van der Waals surface area contributed by atoms with Crippen molar-refractivity contribution in [2.75, 3.05) is 10.4 Å². The lowest BCUT2D eigenvalue weighted by molar-refractivity contribution is -0.138. The third-order valence-corrected chi connectivity index (χ3v) is 11.8. The Morgan fingerprint density at radius 2 is 1.63 bits per heavy atom. The number of benzene rings is 3. The van der Waals surface area contributed by atoms with Crippen LogP contribution < -0.4 is 4.90 Å². The van der Waals surface area contributed by atoms with Gasteiger partial charge in [-0.3, -0.25) is 29.0 Å². The Morgan fingerprint density at radius 1 is 0.913 bits per heavy atom. The van der Waals surface area contributed by atoms with Gasteiger partial charge in [0, 0.05) is 11.5 Å². The number of aromatic nitrogens is 1. The Kier molecular flexibility index (Phi) is 6.56. The summed E-state index contributed by atoms with van der Waals surface area (Å²) in [5, 5.41) is 10.00. The molecule has 232 valence electrons. The van der Waals surface area contributed by atoms with Crippen LogP contribution in [0.5, 0.6) is 5.75 Å². The number of hydrogen-bond acceptors (Lipinski definition) is 7. The van der Waals surface area contributed by atoms with E-state index in [1.54, 1.807) is 36.4 Å². The molecule has 3 fully saturated rings. The van der Waals surface area contributed by atoms with Crippen molar-refractivity contribution in [2.45, 2.75) is 28.5 Å². The topological polar surface area (TPSA) is 121 Å². The highest BCUT2D eigenvalue weighted by atomic mass is 79.9. The minimum atomic E-state index is -1.89. The normalized spacial score (nSPS) is 30.5. The van der Waals surface area contributed by atoms with Gasteiger partial charge in [-0.25, -0.2) is 4.98 Å². The van der Waals surface area contributed by atoms with E-state index in [-0.39, 0.29) is 30.0 Å². The van der Waals surface area contributed by atoms with Gasteiger partial charge in [0.15, 0.2) is 15.3 Å². The summed E-state index contributed by atoms with van der Waals surface area (Å²) in [6.45, 7) is 0. The third-order valence-electron chi connectivity index (χ3n) is 9.91. The first-order valence-corrected chi connectivity index (χ1v) is 16.6. The lowest BCUT2D eigenvalue weighted by atomic mass is 9.56. The van der Waals surface area contributed by atoms with Crippen molar-refractivity contribution < 1.29 is 28.7 Å². The number of amides is 4. The number of carbonyl (C=O) groups excluding carboxylic acids is 4. The average Bonchev–Trinajstić information content (AvgIpc) is 3.65. The molecule has 0 spiro atoms. The molecule has 4 aromatic rings. The lowest BCUT2D eigenvalue weighted by Gasteiger charge is -2.50. The predicted molar refractivity (Wildman–Crippen MR) is 173 cm³/mol. The standard InChI is InChI=1S/C34H24BrCl2N3O6/c35-16-39-31(44)33(36)15-23-21(27(34(33,37)32(39)45)17-7-11-20(41)12-8-17)13-14-22-26(23)30(43)40(29(22)42)19-9-5-18(6-10-19)28-38-24-3-1-2-4-25(24)46-28/h1-13,22-23,26-27,41H,14-16H2/t22-,23+,26-,27-,33+,34-/m0/s1. The summed E-state index contributed by atoms with van der Waals surface area (Å²) in [7, 11) is 0. The summed E-state index contributed by atoms with van der Waals surface area (Å²) in [5.74, 6) is -4.64. The zero-order valence-electron chi connectivity index (χ0n) is 23.9. The summed E-state index contributed by atoms with van der Waals surface area (Å²) < 4.78 is 5.87. The SMILES string of the molecule is O=C1[C@H]2[C@H](CC=C3[C@H]2C[C@@]2(Cl)C(=O)N(CBr)C(=O)[C@@]2(Cl)[C@H]3c2ccc(O)cc2)C(=O)N1c1ccc(-c2nc3ccccc3o2)cc1. The van der Waals surface area contributed by atoms with Gasteiger partial charge in [0.05, 0.1) is 23.0 Å². The van der Waals surface area contributed by atoms with Crippen LogP contribution in [0.2, 0.25) is 0 Å². The predicted octanol–water partition coefficient (Wildman–Crippen LogP) is 6.12. The molecule has 0 unspecified atom stereocenters. The Morgan fingerprint density at radius 3 is 2.33 bits per heavy atom. The number of nitrogens with zero attached hydrogens (tertiary/aromatic N) is 3. The van der Waals surface area contributed by atoms with Crippen molar-refractivity contribution in [3.63, 3.8) is 0 Å². The van der Waals surface area contributed by atoms with Crippen LogP contribution in [-0.2, 0) is 19.2 Å². The van der Waals surface area contributed by atoms with Crippen LogP contribution in [0.4, 0.5) is 5.69 Å². The number of aromatic hydroxyl groups is 1. The van der Waals surface area contributed by atoms with E-state index in [2.05, 4.69) is 20.9 Å². The number of likely N-dealkylation sites (tertiary alicyclic amines) is 1. The van der Waals surface area contributed by atoms with Crippen molar-refractivity contribution in [3.05, 3.63) is 90.0 Å². The van der Waals surface area contributed by atoms with Gasteiger partial charge in [0.25, 0.3) is 11.8 Å². The monoisotopic (exact) mass is 719 g/mol. The number of oxazole rings is 1. The molecule has 1 saturated carbocycles. The van der Waals surface area contributed by atoms with E-state index in [0.29, 0.717) is 33.9 Å². The summed E-state index contributed by atoms with van der Waals surface area (Å²) in [4.78, 5) is 58.7. The molecule has 2 saturated heterocycles. The summed E-state index contributed by atoms with van der Waals surface area (Å²) >= 11 is 17.7. The fraction of sp³-hybridized carbons (Fsp3) is 0.265. The molecule has 4 amide bonds. The largest absolute Gasteiger partial charge is 0.508 e. The maximum atomic E-state index is 14.3. The van der Waals surface area contributed by atoms with Gasteiger partial charge in [-0.2, -0.15) is 0 Å². The molecule has 2 aliphatic carbocycles. The highest BCUT2D eigenvalue weighted by molar-refractivity contribution is 9.09. The van der Waals surface area contributed by atoms with Crippen LogP contribution in [0.15, 0.2) is 88.9 Å². The fourth-order valence-corrected chi connectivity index (χ4v) is 9.22. The van der Waals surface area contributed by atoms with E-state index in [1.165, 1.54) is 17.0 Å². The number of para-hydroxylation sites is 2. The molecule has 0 bridgehead atoms. The maximum Gasteiger partial charge on any atom is 0.254 e. The smallest absolute Gasteiger partial charge is 0.254 e. The van der Waals surface area contributed by atoms with E-state index in [4.69, 9.17) is 27.6 Å². The number of alkyl halides is 3.